The van der Waals surface area contributed by atoms with Crippen molar-refractivity contribution in [3.05, 3.63) is 60.0 Å². The maximum absolute atomic E-state index is 14.4. The van der Waals surface area contributed by atoms with Crippen molar-refractivity contribution in [1.29, 1.82) is 0 Å². The number of hydrogen-bond donors (Lipinski definition) is 1. The highest BCUT2D eigenvalue weighted by atomic mass is 19.1. The lowest BCUT2D eigenvalue weighted by molar-refractivity contribution is 0.0827. The summed E-state index contributed by atoms with van der Waals surface area (Å²) >= 11 is 0. The molecular formula is C21H18FN5O2. The van der Waals surface area contributed by atoms with E-state index in [0.29, 0.717) is 28.0 Å². The maximum Gasteiger partial charge on any atom is 0.253 e. The third-order valence-corrected chi connectivity index (χ3v) is 4.53. The summed E-state index contributed by atoms with van der Waals surface area (Å²) in [7, 11) is 4.87. The molecule has 4 rings (SSSR count). The van der Waals surface area contributed by atoms with Crippen molar-refractivity contribution < 1.29 is 13.9 Å². The molecule has 7 nitrogen and oxygen atoms in total. The molecule has 0 bridgehead atoms. The fraction of sp³-hybridized carbons (Fsp3) is 0.143. The molecule has 0 aliphatic carbocycles. The minimum Gasteiger partial charge on any atom is -0.496 e. The minimum atomic E-state index is -0.472. The van der Waals surface area contributed by atoms with Gasteiger partial charge in [0, 0.05) is 25.2 Å². The molecule has 2 aromatic heterocycles. The summed E-state index contributed by atoms with van der Waals surface area (Å²) in [6.07, 6.45) is 1.56. The summed E-state index contributed by atoms with van der Waals surface area (Å²) in [5, 5.41) is 7.22. The van der Waals surface area contributed by atoms with Gasteiger partial charge in [-0.25, -0.2) is 14.4 Å². The van der Waals surface area contributed by atoms with Crippen LogP contribution in [-0.2, 0) is 0 Å². The van der Waals surface area contributed by atoms with Crippen LogP contribution >= 0.6 is 0 Å². The zero-order valence-electron chi connectivity index (χ0n) is 16.1. The Bertz CT molecular complexity index is 1200. The quantitative estimate of drug-likeness (QED) is 0.575. The lowest BCUT2D eigenvalue weighted by Gasteiger charge is -2.10. The van der Waals surface area contributed by atoms with Crippen LogP contribution in [0.5, 0.6) is 5.75 Å². The number of ether oxygens (including phenoxy) is 1. The normalized spacial score (nSPS) is 10.9. The van der Waals surface area contributed by atoms with Crippen LogP contribution in [-0.4, -0.2) is 52.2 Å². The minimum absolute atomic E-state index is 0.0836. The topological polar surface area (TPSA) is 84.0 Å². The van der Waals surface area contributed by atoms with Crippen molar-refractivity contribution in [2.24, 2.45) is 0 Å². The van der Waals surface area contributed by atoms with Crippen molar-refractivity contribution in [2.45, 2.75) is 0 Å². The second-order valence-corrected chi connectivity index (χ2v) is 6.62. The number of fused-ring (bicyclic) bond motifs is 1. The van der Waals surface area contributed by atoms with Crippen LogP contribution in [0.4, 0.5) is 4.39 Å². The number of amides is 1. The van der Waals surface area contributed by atoms with E-state index in [2.05, 4.69) is 20.2 Å². The molecule has 0 atom stereocenters. The second-order valence-electron chi connectivity index (χ2n) is 6.62. The lowest BCUT2D eigenvalue weighted by Crippen LogP contribution is -2.21. The second kappa shape index (κ2) is 7.31. The highest BCUT2D eigenvalue weighted by Crippen LogP contribution is 2.32. The molecule has 4 aromatic rings. The van der Waals surface area contributed by atoms with Gasteiger partial charge in [0.15, 0.2) is 5.82 Å². The fourth-order valence-corrected chi connectivity index (χ4v) is 3.06. The Hall–Kier alpha value is -3.81. The first-order valence-electron chi connectivity index (χ1n) is 8.85. The lowest BCUT2D eigenvalue weighted by atomic mass is 10.1. The summed E-state index contributed by atoms with van der Waals surface area (Å²) < 4.78 is 19.7. The molecule has 0 aliphatic heterocycles. The first-order chi connectivity index (χ1) is 14.0. The predicted octanol–water partition coefficient (Wildman–Crippen LogP) is 3.54. The van der Waals surface area contributed by atoms with Gasteiger partial charge >= 0.3 is 0 Å². The summed E-state index contributed by atoms with van der Waals surface area (Å²) in [5.74, 6) is -0.00422. The van der Waals surface area contributed by atoms with E-state index in [0.717, 1.165) is 5.56 Å². The molecule has 0 fully saturated rings. The molecule has 2 heterocycles. The van der Waals surface area contributed by atoms with Gasteiger partial charge in [-0.05, 0) is 24.3 Å². The van der Waals surface area contributed by atoms with Crippen molar-refractivity contribution in [3.63, 3.8) is 0 Å². The highest BCUT2D eigenvalue weighted by molar-refractivity contribution is 5.95. The van der Waals surface area contributed by atoms with E-state index >= 15 is 0 Å². The van der Waals surface area contributed by atoms with Crippen molar-refractivity contribution >= 4 is 16.9 Å². The first kappa shape index (κ1) is 18.5. The molecule has 1 amide bonds. The standard InChI is InChI=1S/C21H18FN5O2/c1-27(2)21(28)13-9-7-12(8-10-13)18-19-15(25-26-18)11-23-20(24-19)17-14(22)5-4-6-16(17)29-3/h4-11H,1-3H3,(H,25,26). The number of H-pyrrole nitrogens is 1. The van der Waals surface area contributed by atoms with E-state index in [1.54, 1.807) is 56.7 Å². The summed E-state index contributed by atoms with van der Waals surface area (Å²) in [6, 6.07) is 11.6. The number of carbonyl (C=O) groups excluding carboxylic acids is 1. The largest absolute Gasteiger partial charge is 0.496 e. The smallest absolute Gasteiger partial charge is 0.253 e. The molecule has 0 unspecified atom stereocenters. The number of halogens is 1. The Morgan fingerprint density at radius 1 is 1.14 bits per heavy atom. The van der Waals surface area contributed by atoms with Crippen LogP contribution in [0.2, 0.25) is 0 Å². The van der Waals surface area contributed by atoms with E-state index < -0.39 is 5.82 Å². The summed E-state index contributed by atoms with van der Waals surface area (Å²) in [5.41, 5.74) is 3.29. The van der Waals surface area contributed by atoms with E-state index in [4.69, 9.17) is 4.74 Å². The van der Waals surface area contributed by atoms with E-state index in [9.17, 15) is 9.18 Å². The summed E-state index contributed by atoms with van der Waals surface area (Å²) in [6.45, 7) is 0. The molecule has 0 saturated heterocycles. The van der Waals surface area contributed by atoms with Crippen LogP contribution < -0.4 is 4.74 Å². The Morgan fingerprint density at radius 2 is 1.90 bits per heavy atom. The third kappa shape index (κ3) is 3.29. The Morgan fingerprint density at radius 3 is 2.59 bits per heavy atom. The Balaban J connectivity index is 1.80. The van der Waals surface area contributed by atoms with Gasteiger partial charge in [-0.3, -0.25) is 9.89 Å². The monoisotopic (exact) mass is 391 g/mol. The fourth-order valence-electron chi connectivity index (χ4n) is 3.06. The van der Waals surface area contributed by atoms with Gasteiger partial charge < -0.3 is 9.64 Å². The van der Waals surface area contributed by atoms with Gasteiger partial charge in [0.05, 0.1) is 18.9 Å². The predicted molar refractivity (Wildman–Crippen MR) is 107 cm³/mol. The van der Waals surface area contributed by atoms with Crippen LogP contribution in [0, 0.1) is 5.82 Å². The number of rotatable bonds is 4. The van der Waals surface area contributed by atoms with Gasteiger partial charge in [-0.1, -0.05) is 18.2 Å². The number of benzene rings is 2. The Labute approximate surface area is 166 Å². The molecule has 0 aliphatic rings. The maximum atomic E-state index is 14.4. The van der Waals surface area contributed by atoms with Gasteiger partial charge in [0.25, 0.3) is 5.91 Å². The van der Waals surface area contributed by atoms with Gasteiger partial charge in [0.1, 0.15) is 28.3 Å². The number of aromatic nitrogens is 4. The molecule has 2 aromatic carbocycles. The first-order valence-corrected chi connectivity index (χ1v) is 8.85. The third-order valence-electron chi connectivity index (χ3n) is 4.53. The van der Waals surface area contributed by atoms with E-state index in [1.165, 1.54) is 18.1 Å². The van der Waals surface area contributed by atoms with E-state index in [1.807, 2.05) is 0 Å². The molecule has 0 radical (unpaired) electrons. The van der Waals surface area contributed by atoms with Crippen LogP contribution in [0.25, 0.3) is 33.7 Å². The molecule has 0 saturated carbocycles. The molecule has 8 heteroatoms. The zero-order valence-corrected chi connectivity index (χ0v) is 16.1. The number of aromatic amines is 1. The van der Waals surface area contributed by atoms with Gasteiger partial charge in [-0.2, -0.15) is 5.10 Å². The van der Waals surface area contributed by atoms with Crippen LogP contribution in [0.15, 0.2) is 48.7 Å². The molecule has 1 N–H and O–H groups in total. The molecule has 146 valence electrons. The summed E-state index contributed by atoms with van der Waals surface area (Å²) in [4.78, 5) is 22.4. The van der Waals surface area contributed by atoms with Gasteiger partial charge in [0.2, 0.25) is 0 Å². The number of methoxy groups -OCH3 is 1. The average Bonchev–Trinajstić information content (AvgIpc) is 3.16. The van der Waals surface area contributed by atoms with Crippen molar-refractivity contribution in [1.82, 2.24) is 25.1 Å². The van der Waals surface area contributed by atoms with Crippen molar-refractivity contribution in [3.8, 4) is 28.4 Å². The molecule has 0 spiro atoms. The Kier molecular flexibility index (Phi) is 4.67. The highest BCUT2D eigenvalue weighted by Gasteiger charge is 2.18. The molecule has 29 heavy (non-hydrogen) atoms. The number of carbonyl (C=O) groups is 1. The van der Waals surface area contributed by atoms with Gasteiger partial charge in [-0.15, -0.1) is 0 Å². The zero-order chi connectivity index (χ0) is 20.5. The van der Waals surface area contributed by atoms with E-state index in [-0.39, 0.29) is 17.3 Å². The van der Waals surface area contributed by atoms with Crippen LogP contribution in [0.1, 0.15) is 10.4 Å². The van der Waals surface area contributed by atoms with Crippen LogP contribution in [0.3, 0.4) is 0 Å². The van der Waals surface area contributed by atoms with Crippen molar-refractivity contribution in [2.75, 3.05) is 21.2 Å². The number of hydrogen-bond acceptors (Lipinski definition) is 5. The number of nitrogens with one attached hydrogen (secondary N) is 1. The SMILES string of the molecule is COc1cccc(F)c1-c1ncc2[nH]nc(-c3ccc(C(=O)N(C)C)cc3)c2n1. The average molecular weight is 391 g/mol. The number of nitrogens with zero attached hydrogens (tertiary/aromatic N) is 4. The molecular weight excluding hydrogens is 373 g/mol.